The van der Waals surface area contributed by atoms with Crippen LogP contribution in [0.25, 0.3) is 17.3 Å². The highest BCUT2D eigenvalue weighted by Crippen LogP contribution is 2.23. The van der Waals surface area contributed by atoms with Crippen molar-refractivity contribution < 1.29 is 4.79 Å². The molecule has 130 valence electrons. The number of amides is 1. The van der Waals surface area contributed by atoms with Gasteiger partial charge in [-0.25, -0.2) is 4.68 Å². The molecular formula is C21H20N4O. The maximum Gasteiger partial charge on any atom is 0.246 e. The lowest BCUT2D eigenvalue weighted by atomic mass is 10.2. The summed E-state index contributed by atoms with van der Waals surface area (Å²) in [5.41, 5.74) is 2.94. The minimum absolute atomic E-state index is 0.0414. The van der Waals surface area contributed by atoms with Crippen LogP contribution in [0.3, 0.4) is 0 Å². The minimum Gasteiger partial charge on any atom is -0.337 e. The van der Waals surface area contributed by atoms with Crippen molar-refractivity contribution in [1.29, 1.82) is 0 Å². The van der Waals surface area contributed by atoms with E-state index in [0.717, 1.165) is 29.8 Å². The van der Waals surface area contributed by atoms with E-state index in [1.54, 1.807) is 6.08 Å². The number of carbonyl (C=O) groups excluding carboxylic acids is 1. The maximum atomic E-state index is 12.4. The van der Waals surface area contributed by atoms with Gasteiger partial charge < -0.3 is 4.90 Å². The fraction of sp³-hybridized carbons (Fsp3) is 0.190. The smallest absolute Gasteiger partial charge is 0.246 e. The van der Waals surface area contributed by atoms with Crippen LogP contribution < -0.4 is 0 Å². The average Bonchev–Trinajstić information content (AvgIpc) is 3.37. The van der Waals surface area contributed by atoms with E-state index in [1.807, 2.05) is 82.5 Å². The summed E-state index contributed by atoms with van der Waals surface area (Å²) in [7, 11) is 0. The molecule has 3 aromatic rings. The van der Waals surface area contributed by atoms with Gasteiger partial charge in [0.1, 0.15) is 5.69 Å². The zero-order valence-electron chi connectivity index (χ0n) is 14.4. The molecule has 1 aromatic heterocycles. The molecule has 0 N–H and O–H groups in total. The highest BCUT2D eigenvalue weighted by atomic mass is 16.2. The Morgan fingerprint density at radius 3 is 2.54 bits per heavy atom. The van der Waals surface area contributed by atoms with E-state index in [0.29, 0.717) is 6.54 Å². The van der Waals surface area contributed by atoms with E-state index < -0.39 is 0 Å². The summed E-state index contributed by atoms with van der Waals surface area (Å²) in [6.07, 6.45) is 6.36. The third-order valence-electron chi connectivity index (χ3n) is 4.65. The number of hydrogen-bond acceptors (Lipinski definition) is 3. The monoisotopic (exact) mass is 344 g/mol. The quantitative estimate of drug-likeness (QED) is 0.681. The Bertz CT molecular complexity index is 902. The van der Waals surface area contributed by atoms with Gasteiger partial charge in [-0.15, -0.1) is 5.10 Å². The normalized spacial score (nSPS) is 17.1. The Balaban J connectivity index is 1.40. The van der Waals surface area contributed by atoms with E-state index in [-0.39, 0.29) is 11.9 Å². The maximum absolute atomic E-state index is 12.4. The van der Waals surface area contributed by atoms with Crippen LogP contribution in [0.4, 0.5) is 0 Å². The summed E-state index contributed by atoms with van der Waals surface area (Å²) in [6, 6.07) is 20.0. The lowest BCUT2D eigenvalue weighted by Gasteiger charge is -2.14. The van der Waals surface area contributed by atoms with E-state index in [2.05, 4.69) is 10.3 Å². The van der Waals surface area contributed by atoms with Gasteiger partial charge in [-0.1, -0.05) is 65.9 Å². The zero-order valence-corrected chi connectivity index (χ0v) is 14.4. The standard InChI is InChI=1S/C21H20N4O/c26-21(12-11-17-7-3-1-4-8-17)24-14-13-19(15-24)25-16-20(22-23-25)18-9-5-2-6-10-18/h1-12,16,19H,13-15H2/b12-11+. The van der Waals surface area contributed by atoms with Crippen molar-refractivity contribution in [3.8, 4) is 11.3 Å². The van der Waals surface area contributed by atoms with E-state index in [9.17, 15) is 4.79 Å². The first-order chi connectivity index (χ1) is 12.8. The second-order valence-corrected chi connectivity index (χ2v) is 6.42. The first-order valence-electron chi connectivity index (χ1n) is 8.79. The van der Waals surface area contributed by atoms with Crippen LogP contribution in [0.1, 0.15) is 18.0 Å². The van der Waals surface area contributed by atoms with Crippen LogP contribution in [0.2, 0.25) is 0 Å². The average molecular weight is 344 g/mol. The third-order valence-corrected chi connectivity index (χ3v) is 4.65. The molecular weight excluding hydrogens is 324 g/mol. The van der Waals surface area contributed by atoms with Crippen molar-refractivity contribution in [2.24, 2.45) is 0 Å². The molecule has 4 rings (SSSR count). The van der Waals surface area contributed by atoms with Gasteiger partial charge in [0, 0.05) is 24.7 Å². The summed E-state index contributed by atoms with van der Waals surface area (Å²) in [4.78, 5) is 14.3. The van der Waals surface area contributed by atoms with Gasteiger partial charge >= 0.3 is 0 Å². The molecule has 26 heavy (non-hydrogen) atoms. The Morgan fingerprint density at radius 2 is 1.77 bits per heavy atom. The number of hydrogen-bond donors (Lipinski definition) is 0. The summed E-state index contributed by atoms with van der Waals surface area (Å²) in [5.74, 6) is 0.0414. The molecule has 1 atom stereocenters. The molecule has 2 heterocycles. The van der Waals surface area contributed by atoms with Crippen molar-refractivity contribution in [1.82, 2.24) is 19.9 Å². The summed E-state index contributed by atoms with van der Waals surface area (Å²) < 4.78 is 1.89. The number of aromatic nitrogens is 3. The molecule has 1 aliphatic heterocycles. The van der Waals surface area contributed by atoms with Crippen LogP contribution in [0.15, 0.2) is 72.9 Å². The van der Waals surface area contributed by atoms with Crippen molar-refractivity contribution >= 4 is 12.0 Å². The highest BCUT2D eigenvalue weighted by Gasteiger charge is 2.27. The molecule has 0 saturated carbocycles. The molecule has 5 nitrogen and oxygen atoms in total. The molecule has 1 aliphatic rings. The molecule has 1 fully saturated rings. The highest BCUT2D eigenvalue weighted by molar-refractivity contribution is 5.91. The van der Waals surface area contributed by atoms with Crippen LogP contribution in [-0.2, 0) is 4.79 Å². The first kappa shape index (κ1) is 16.3. The Kier molecular flexibility index (Phi) is 4.60. The lowest BCUT2D eigenvalue weighted by molar-refractivity contribution is -0.125. The largest absolute Gasteiger partial charge is 0.337 e. The van der Waals surface area contributed by atoms with E-state index >= 15 is 0 Å². The van der Waals surface area contributed by atoms with Crippen molar-refractivity contribution in [2.75, 3.05) is 13.1 Å². The Hall–Kier alpha value is -3.21. The summed E-state index contributed by atoms with van der Waals surface area (Å²) in [5, 5.41) is 8.55. The van der Waals surface area contributed by atoms with Gasteiger partial charge in [-0.2, -0.15) is 0 Å². The summed E-state index contributed by atoms with van der Waals surface area (Å²) >= 11 is 0. The first-order valence-corrected chi connectivity index (χ1v) is 8.79. The van der Waals surface area contributed by atoms with Crippen LogP contribution >= 0.6 is 0 Å². The van der Waals surface area contributed by atoms with Crippen molar-refractivity contribution in [3.05, 3.63) is 78.5 Å². The van der Waals surface area contributed by atoms with E-state index in [1.165, 1.54) is 0 Å². The zero-order chi connectivity index (χ0) is 17.8. The lowest BCUT2D eigenvalue weighted by Crippen LogP contribution is -2.27. The van der Waals surface area contributed by atoms with Gasteiger partial charge in [0.25, 0.3) is 0 Å². The van der Waals surface area contributed by atoms with Crippen LogP contribution in [0.5, 0.6) is 0 Å². The minimum atomic E-state index is 0.0414. The fourth-order valence-corrected chi connectivity index (χ4v) is 3.19. The molecule has 0 radical (unpaired) electrons. The molecule has 1 saturated heterocycles. The number of benzene rings is 2. The van der Waals surface area contributed by atoms with Gasteiger partial charge in [-0.3, -0.25) is 4.79 Å². The molecule has 0 bridgehead atoms. The van der Waals surface area contributed by atoms with Gasteiger partial charge in [0.15, 0.2) is 0 Å². The Labute approximate surface area is 152 Å². The van der Waals surface area contributed by atoms with Gasteiger partial charge in [-0.05, 0) is 18.1 Å². The topological polar surface area (TPSA) is 51.0 Å². The van der Waals surface area contributed by atoms with Gasteiger partial charge in [0.05, 0.1) is 12.2 Å². The predicted molar refractivity (Wildman–Crippen MR) is 101 cm³/mol. The van der Waals surface area contributed by atoms with Crippen LogP contribution in [-0.4, -0.2) is 38.9 Å². The summed E-state index contributed by atoms with van der Waals surface area (Å²) in [6.45, 7) is 1.40. The Morgan fingerprint density at radius 1 is 1.04 bits per heavy atom. The molecule has 0 spiro atoms. The van der Waals surface area contributed by atoms with E-state index in [4.69, 9.17) is 0 Å². The molecule has 0 aliphatic carbocycles. The second kappa shape index (κ2) is 7.35. The van der Waals surface area contributed by atoms with Crippen molar-refractivity contribution in [3.63, 3.8) is 0 Å². The molecule has 1 unspecified atom stereocenters. The SMILES string of the molecule is O=C(/C=C/c1ccccc1)N1CCC(n2cc(-c3ccccc3)nn2)C1. The number of rotatable bonds is 4. The van der Waals surface area contributed by atoms with Crippen molar-refractivity contribution in [2.45, 2.75) is 12.5 Å². The third kappa shape index (κ3) is 3.57. The molecule has 1 amide bonds. The number of likely N-dealkylation sites (tertiary alicyclic amines) is 1. The predicted octanol–water partition coefficient (Wildman–Crippen LogP) is 3.43. The van der Waals surface area contributed by atoms with Crippen LogP contribution in [0, 0.1) is 0 Å². The molecule has 2 aromatic carbocycles. The second-order valence-electron chi connectivity index (χ2n) is 6.42. The number of carbonyl (C=O) groups is 1. The molecule has 5 heteroatoms. The van der Waals surface area contributed by atoms with Gasteiger partial charge in [0.2, 0.25) is 5.91 Å². The fourth-order valence-electron chi connectivity index (χ4n) is 3.19. The number of nitrogens with zero attached hydrogens (tertiary/aromatic N) is 4.